The summed E-state index contributed by atoms with van der Waals surface area (Å²) in [5.74, 6) is 0.340. The van der Waals surface area contributed by atoms with Crippen LogP contribution in [0.4, 0.5) is 0 Å². The van der Waals surface area contributed by atoms with Gasteiger partial charge in [0.1, 0.15) is 5.75 Å². The highest BCUT2D eigenvalue weighted by molar-refractivity contribution is 5.95. The van der Waals surface area contributed by atoms with E-state index in [9.17, 15) is 9.59 Å². The Labute approximate surface area is 137 Å². The predicted octanol–water partition coefficient (Wildman–Crippen LogP) is 2.35. The van der Waals surface area contributed by atoms with Gasteiger partial charge in [-0.2, -0.15) is 0 Å². The number of nitrogens with zero attached hydrogens (tertiary/aromatic N) is 1. The van der Waals surface area contributed by atoms with Crippen LogP contribution in [0.25, 0.3) is 5.57 Å². The number of nitrogens with two attached hydrogens (primary N) is 1. The van der Waals surface area contributed by atoms with E-state index in [1.54, 1.807) is 18.1 Å². The van der Waals surface area contributed by atoms with Gasteiger partial charge in [0, 0.05) is 25.1 Å². The molecule has 0 saturated carbocycles. The molecule has 0 aromatic heterocycles. The molecule has 124 valence electrons. The lowest BCUT2D eigenvalue weighted by molar-refractivity contribution is -0.130. The van der Waals surface area contributed by atoms with Crippen LogP contribution in [0.1, 0.15) is 38.2 Å². The third-order valence-corrected chi connectivity index (χ3v) is 4.21. The number of ether oxygens (including phenoxy) is 1. The summed E-state index contributed by atoms with van der Waals surface area (Å²) in [6, 6.07) is 7.52. The molecule has 1 unspecified atom stereocenters. The van der Waals surface area contributed by atoms with Crippen molar-refractivity contribution >= 4 is 17.4 Å². The molecule has 1 atom stereocenters. The quantitative estimate of drug-likeness (QED) is 0.848. The van der Waals surface area contributed by atoms with Crippen LogP contribution in [0.5, 0.6) is 5.75 Å². The molecule has 0 radical (unpaired) electrons. The van der Waals surface area contributed by atoms with Crippen molar-refractivity contribution in [3.8, 4) is 5.75 Å². The molecule has 1 aromatic carbocycles. The second kappa shape index (κ2) is 7.81. The van der Waals surface area contributed by atoms with Gasteiger partial charge in [-0.1, -0.05) is 12.1 Å². The molecule has 5 heteroatoms. The van der Waals surface area contributed by atoms with Crippen LogP contribution in [0.3, 0.4) is 0 Å². The molecule has 5 nitrogen and oxygen atoms in total. The summed E-state index contributed by atoms with van der Waals surface area (Å²) < 4.78 is 5.21. The average molecular weight is 316 g/mol. The number of carbonyl (C=O) groups is 2. The minimum atomic E-state index is -0.358. The molecule has 1 aromatic rings. The molecule has 0 aliphatic carbocycles. The predicted molar refractivity (Wildman–Crippen MR) is 89.8 cm³/mol. The monoisotopic (exact) mass is 316 g/mol. The van der Waals surface area contributed by atoms with Gasteiger partial charge in [0.15, 0.2) is 0 Å². The number of benzene rings is 1. The lowest BCUT2D eigenvalue weighted by Crippen LogP contribution is -2.44. The zero-order chi connectivity index (χ0) is 16.8. The van der Waals surface area contributed by atoms with Gasteiger partial charge in [-0.15, -0.1) is 0 Å². The number of carbonyl (C=O) groups excluding carboxylic acids is 2. The van der Waals surface area contributed by atoms with Crippen molar-refractivity contribution in [2.75, 3.05) is 13.7 Å². The molecule has 0 bridgehead atoms. The van der Waals surface area contributed by atoms with Crippen LogP contribution in [0.15, 0.2) is 30.3 Å². The molecule has 2 amide bonds. The van der Waals surface area contributed by atoms with Crippen LogP contribution in [0.2, 0.25) is 0 Å². The Balaban J connectivity index is 2.15. The Morgan fingerprint density at radius 1 is 1.39 bits per heavy atom. The molecule has 1 saturated heterocycles. The van der Waals surface area contributed by atoms with Gasteiger partial charge in [0.05, 0.1) is 7.11 Å². The van der Waals surface area contributed by atoms with Crippen LogP contribution >= 0.6 is 0 Å². The minimum Gasteiger partial charge on any atom is -0.497 e. The van der Waals surface area contributed by atoms with Crippen molar-refractivity contribution in [3.63, 3.8) is 0 Å². The molecule has 1 aliphatic rings. The number of likely N-dealkylation sites (tertiary alicyclic amines) is 1. The highest BCUT2D eigenvalue weighted by Crippen LogP contribution is 2.23. The fourth-order valence-electron chi connectivity index (χ4n) is 2.95. The van der Waals surface area contributed by atoms with Gasteiger partial charge in [-0.05, 0) is 49.5 Å². The fourth-order valence-corrected chi connectivity index (χ4v) is 2.95. The molecular weight excluding hydrogens is 292 g/mol. The number of hydrogen-bond donors (Lipinski definition) is 1. The normalized spacial score (nSPS) is 18.6. The van der Waals surface area contributed by atoms with Crippen molar-refractivity contribution in [2.24, 2.45) is 5.73 Å². The van der Waals surface area contributed by atoms with E-state index in [0.717, 1.165) is 36.1 Å². The molecule has 2 rings (SSSR count). The van der Waals surface area contributed by atoms with Crippen LogP contribution in [-0.4, -0.2) is 36.4 Å². The van der Waals surface area contributed by atoms with Crippen molar-refractivity contribution in [1.82, 2.24) is 4.90 Å². The summed E-state index contributed by atoms with van der Waals surface area (Å²) in [6.45, 7) is 2.58. The highest BCUT2D eigenvalue weighted by atomic mass is 16.5. The maximum absolute atomic E-state index is 12.6. The topological polar surface area (TPSA) is 72.6 Å². The molecular formula is C18H24N2O3. The Bertz CT molecular complexity index is 610. The minimum absolute atomic E-state index is 0.0590. The maximum atomic E-state index is 12.6. The number of allylic oxidation sites excluding steroid dienone is 1. The molecule has 1 heterocycles. The van der Waals surface area contributed by atoms with E-state index in [1.165, 1.54) is 0 Å². The SMILES string of the molecule is COc1cccc(/C(C)=C/C(=O)N2CCCCC2CC(N)=O)c1. The van der Waals surface area contributed by atoms with Crippen molar-refractivity contribution in [2.45, 2.75) is 38.6 Å². The molecule has 1 fully saturated rings. The number of piperidine rings is 1. The molecule has 23 heavy (non-hydrogen) atoms. The Hall–Kier alpha value is -2.30. The first-order valence-corrected chi connectivity index (χ1v) is 7.93. The molecule has 1 aliphatic heterocycles. The van der Waals surface area contributed by atoms with E-state index in [4.69, 9.17) is 10.5 Å². The van der Waals surface area contributed by atoms with Crippen LogP contribution in [-0.2, 0) is 9.59 Å². The van der Waals surface area contributed by atoms with E-state index in [0.29, 0.717) is 6.54 Å². The summed E-state index contributed by atoms with van der Waals surface area (Å²) in [7, 11) is 1.62. The van der Waals surface area contributed by atoms with Gasteiger partial charge < -0.3 is 15.4 Å². The van der Waals surface area contributed by atoms with Crippen molar-refractivity contribution in [3.05, 3.63) is 35.9 Å². The summed E-state index contributed by atoms with van der Waals surface area (Å²) >= 11 is 0. The van der Waals surface area contributed by atoms with Crippen LogP contribution in [0, 0.1) is 0 Å². The lowest BCUT2D eigenvalue weighted by atomic mass is 9.98. The van der Waals surface area contributed by atoms with Gasteiger partial charge >= 0.3 is 0 Å². The number of primary amides is 1. The van der Waals surface area contributed by atoms with Crippen molar-refractivity contribution < 1.29 is 14.3 Å². The van der Waals surface area contributed by atoms with Gasteiger partial charge in [-0.3, -0.25) is 9.59 Å². The average Bonchev–Trinajstić information content (AvgIpc) is 2.54. The highest BCUT2D eigenvalue weighted by Gasteiger charge is 2.26. The number of amides is 2. The summed E-state index contributed by atoms with van der Waals surface area (Å²) in [6.07, 6.45) is 4.69. The molecule has 2 N–H and O–H groups in total. The van der Waals surface area contributed by atoms with E-state index >= 15 is 0 Å². The number of hydrogen-bond acceptors (Lipinski definition) is 3. The van der Waals surface area contributed by atoms with Crippen molar-refractivity contribution in [1.29, 1.82) is 0 Å². The first-order chi connectivity index (χ1) is 11.0. The second-order valence-electron chi connectivity index (χ2n) is 5.91. The Morgan fingerprint density at radius 2 is 2.17 bits per heavy atom. The van der Waals surface area contributed by atoms with Gasteiger partial charge in [0.25, 0.3) is 0 Å². The third kappa shape index (κ3) is 4.58. The van der Waals surface area contributed by atoms with Gasteiger partial charge in [-0.25, -0.2) is 0 Å². The number of rotatable bonds is 5. The second-order valence-corrected chi connectivity index (χ2v) is 5.91. The van der Waals surface area contributed by atoms with E-state index < -0.39 is 0 Å². The van der Waals surface area contributed by atoms with E-state index in [-0.39, 0.29) is 24.3 Å². The summed E-state index contributed by atoms with van der Waals surface area (Å²) in [5.41, 5.74) is 7.12. The first kappa shape index (κ1) is 17.1. The number of methoxy groups -OCH3 is 1. The summed E-state index contributed by atoms with van der Waals surface area (Å²) in [5, 5.41) is 0. The van der Waals surface area contributed by atoms with Crippen LogP contribution < -0.4 is 10.5 Å². The Kier molecular flexibility index (Phi) is 5.79. The maximum Gasteiger partial charge on any atom is 0.247 e. The summed E-state index contributed by atoms with van der Waals surface area (Å²) in [4.78, 5) is 25.6. The largest absolute Gasteiger partial charge is 0.497 e. The first-order valence-electron chi connectivity index (χ1n) is 7.93. The smallest absolute Gasteiger partial charge is 0.247 e. The fraction of sp³-hybridized carbons (Fsp3) is 0.444. The van der Waals surface area contributed by atoms with Gasteiger partial charge in [0.2, 0.25) is 11.8 Å². The lowest BCUT2D eigenvalue weighted by Gasteiger charge is -2.34. The zero-order valence-electron chi connectivity index (χ0n) is 13.7. The third-order valence-electron chi connectivity index (χ3n) is 4.21. The standard InChI is InChI=1S/C18H24N2O3/c1-13(14-6-5-8-16(11-14)23-2)10-18(22)20-9-4-3-7-15(20)12-17(19)21/h5-6,8,10-11,15H,3-4,7,9,12H2,1-2H3,(H2,19,21)/b13-10+. The zero-order valence-corrected chi connectivity index (χ0v) is 13.7. The molecule has 0 spiro atoms. The van der Waals surface area contributed by atoms with E-state index in [1.807, 2.05) is 31.2 Å². The van der Waals surface area contributed by atoms with E-state index in [2.05, 4.69) is 0 Å². The Morgan fingerprint density at radius 3 is 2.87 bits per heavy atom.